The standard InChI is InChI=1S/C50H51N3.C9H14.C2H6.C2H4/c1-30-24-33(4)48(34(5)25-30)51-41-18-14-39(15-19-41)47(40-16-20-42(21-17-40)52-49-35(6)26-31(2)27-36(49)7)45-22-23-46(44-13-11-10-12-43(44)45)53-50-37(8)28-32(3)29-38(50)9;1-5-9(4)7-6-8(2)3;2*1-2/h10-29,47,51-53H,1-9H3;5-7H,1H2,2-4H3;1-2H3;1-2H2/b;9-7-;;. The molecule has 7 aromatic rings. The van der Waals surface area contributed by atoms with Crippen molar-refractivity contribution in [1.29, 1.82) is 0 Å². The number of hydrogen-bond acceptors (Lipinski definition) is 3. The molecule has 0 atom stereocenters. The van der Waals surface area contributed by atoms with E-state index in [-0.39, 0.29) is 5.92 Å². The molecule has 66 heavy (non-hydrogen) atoms. The van der Waals surface area contributed by atoms with E-state index in [1.807, 2.05) is 26.8 Å². The predicted molar refractivity (Wildman–Crippen MR) is 296 cm³/mol. The van der Waals surface area contributed by atoms with Gasteiger partial charge in [0.05, 0.1) is 0 Å². The smallest absolute Gasteiger partial charge is 0.0464 e. The van der Waals surface area contributed by atoms with Crippen molar-refractivity contribution in [3.05, 3.63) is 237 Å². The van der Waals surface area contributed by atoms with Gasteiger partial charge in [-0.15, -0.1) is 13.2 Å². The fourth-order valence-corrected chi connectivity index (χ4v) is 8.67. The normalized spacial score (nSPS) is 10.7. The Balaban J connectivity index is 0.000000650. The van der Waals surface area contributed by atoms with Crippen molar-refractivity contribution < 1.29 is 0 Å². The number of hydrogen-bond donors (Lipinski definition) is 3. The summed E-state index contributed by atoms with van der Waals surface area (Å²) in [4.78, 5) is 0. The van der Waals surface area contributed by atoms with E-state index < -0.39 is 0 Å². The zero-order valence-corrected chi connectivity index (χ0v) is 42.5. The highest BCUT2D eigenvalue weighted by atomic mass is 14.9. The van der Waals surface area contributed by atoms with Crippen molar-refractivity contribution in [2.24, 2.45) is 0 Å². The van der Waals surface area contributed by atoms with Crippen LogP contribution in [-0.2, 0) is 0 Å². The molecule has 0 amide bonds. The number of benzene rings is 7. The Hall–Kier alpha value is -6.84. The van der Waals surface area contributed by atoms with E-state index in [4.69, 9.17) is 0 Å². The number of rotatable bonds is 11. The topological polar surface area (TPSA) is 36.1 Å². The molecule has 0 fully saturated rings. The molecule has 0 bridgehead atoms. The minimum atomic E-state index is 0.0191. The summed E-state index contributed by atoms with van der Waals surface area (Å²) in [7, 11) is 0. The van der Waals surface area contributed by atoms with Crippen LogP contribution in [-0.4, -0.2) is 0 Å². The minimum Gasteiger partial charge on any atom is -0.355 e. The summed E-state index contributed by atoms with van der Waals surface area (Å²) in [5.41, 5.74) is 24.5. The van der Waals surface area contributed by atoms with Gasteiger partial charge in [0, 0.05) is 45.4 Å². The average molecular weight is 874 g/mol. The van der Waals surface area contributed by atoms with Gasteiger partial charge in [-0.25, -0.2) is 0 Å². The molecule has 0 spiro atoms. The van der Waals surface area contributed by atoms with Crippen LogP contribution in [0.4, 0.5) is 34.1 Å². The van der Waals surface area contributed by atoms with E-state index in [2.05, 4.69) is 245 Å². The molecule has 0 saturated carbocycles. The van der Waals surface area contributed by atoms with Gasteiger partial charge in [0.2, 0.25) is 0 Å². The first-order valence-corrected chi connectivity index (χ1v) is 23.3. The van der Waals surface area contributed by atoms with Gasteiger partial charge >= 0.3 is 0 Å². The quantitative estimate of drug-likeness (QED) is 0.0688. The Morgan fingerprint density at radius 2 is 0.818 bits per heavy atom. The molecule has 3 N–H and O–H groups in total. The second kappa shape index (κ2) is 24.4. The maximum atomic E-state index is 3.83. The Morgan fingerprint density at radius 1 is 0.455 bits per heavy atom. The van der Waals surface area contributed by atoms with Crippen LogP contribution < -0.4 is 16.0 Å². The van der Waals surface area contributed by atoms with Gasteiger partial charge in [-0.1, -0.05) is 157 Å². The van der Waals surface area contributed by atoms with E-state index in [1.165, 1.54) is 106 Å². The van der Waals surface area contributed by atoms with Crippen LogP contribution >= 0.6 is 0 Å². The molecule has 7 aromatic carbocycles. The molecule has 7 rings (SSSR count). The lowest BCUT2D eigenvalue weighted by Crippen LogP contribution is -2.06. The van der Waals surface area contributed by atoms with Crippen LogP contribution in [0.5, 0.6) is 0 Å². The highest BCUT2D eigenvalue weighted by Crippen LogP contribution is 2.41. The summed E-state index contributed by atoms with van der Waals surface area (Å²) < 4.78 is 0. The fraction of sp³-hybridized carbons (Fsp3) is 0.238. The minimum absolute atomic E-state index is 0.0191. The highest BCUT2D eigenvalue weighted by Gasteiger charge is 2.21. The van der Waals surface area contributed by atoms with Crippen molar-refractivity contribution in [2.45, 2.75) is 103 Å². The number of fused-ring (bicyclic) bond motifs is 1. The molecule has 0 radical (unpaired) electrons. The maximum Gasteiger partial charge on any atom is 0.0464 e. The highest BCUT2D eigenvalue weighted by molar-refractivity contribution is 5.98. The van der Waals surface area contributed by atoms with Gasteiger partial charge in [-0.05, 0) is 169 Å². The number of anilines is 6. The molecule has 0 saturated heterocycles. The molecular weight excluding hydrogens is 799 g/mol. The largest absolute Gasteiger partial charge is 0.355 e. The third-order valence-corrected chi connectivity index (χ3v) is 11.6. The van der Waals surface area contributed by atoms with E-state index >= 15 is 0 Å². The SMILES string of the molecule is C=C.C=C/C(C)=C\C=C(C)C.CC.Cc1cc(C)c(Nc2ccc(C(c3ccc(Nc4c(C)cc(C)cc4C)cc3)c3ccc(Nc4c(C)cc(C)cc4C)c4ccccc34)cc2)c(C)c1. The second-order valence-electron chi connectivity index (χ2n) is 17.5. The lowest BCUT2D eigenvalue weighted by molar-refractivity contribution is 0.989. The zero-order valence-electron chi connectivity index (χ0n) is 42.5. The monoisotopic (exact) mass is 874 g/mol. The molecule has 0 aliphatic carbocycles. The lowest BCUT2D eigenvalue weighted by atomic mass is 9.82. The molecule has 342 valence electrons. The van der Waals surface area contributed by atoms with Crippen LogP contribution in [0.3, 0.4) is 0 Å². The van der Waals surface area contributed by atoms with Gasteiger partial charge < -0.3 is 16.0 Å². The predicted octanol–water partition coefficient (Wildman–Crippen LogP) is 18.9. The van der Waals surface area contributed by atoms with Gasteiger partial charge in [0.1, 0.15) is 0 Å². The number of allylic oxidation sites excluding steroid dienone is 5. The van der Waals surface area contributed by atoms with Crippen molar-refractivity contribution in [3.63, 3.8) is 0 Å². The third kappa shape index (κ3) is 13.4. The fourth-order valence-electron chi connectivity index (χ4n) is 8.67. The summed E-state index contributed by atoms with van der Waals surface area (Å²) in [6.07, 6.45) is 5.98. The van der Waals surface area contributed by atoms with Crippen molar-refractivity contribution in [3.8, 4) is 0 Å². The third-order valence-electron chi connectivity index (χ3n) is 11.6. The lowest BCUT2D eigenvalue weighted by Gasteiger charge is -2.24. The molecule has 3 heteroatoms. The summed E-state index contributed by atoms with van der Waals surface area (Å²) in [5, 5.41) is 13.7. The molecule has 0 aliphatic heterocycles. The van der Waals surface area contributed by atoms with Gasteiger partial charge in [-0.3, -0.25) is 0 Å². The molecular formula is C63H75N3. The van der Waals surface area contributed by atoms with E-state index in [9.17, 15) is 0 Å². The van der Waals surface area contributed by atoms with Gasteiger partial charge in [0.15, 0.2) is 0 Å². The first-order chi connectivity index (χ1) is 31.6. The van der Waals surface area contributed by atoms with Crippen LogP contribution in [0.25, 0.3) is 10.8 Å². The summed E-state index contributed by atoms with van der Waals surface area (Å²) in [6, 6.07) is 44.9. The van der Waals surface area contributed by atoms with Crippen molar-refractivity contribution >= 4 is 44.9 Å². The van der Waals surface area contributed by atoms with E-state index in [1.54, 1.807) is 0 Å². The maximum absolute atomic E-state index is 3.83. The molecule has 0 unspecified atom stereocenters. The van der Waals surface area contributed by atoms with Gasteiger partial charge in [0.25, 0.3) is 0 Å². The Kier molecular flexibility index (Phi) is 19.2. The molecule has 0 aliphatic rings. The first-order valence-electron chi connectivity index (χ1n) is 23.3. The summed E-state index contributed by atoms with van der Waals surface area (Å²) in [6.45, 7) is 39.4. The van der Waals surface area contributed by atoms with Crippen molar-refractivity contribution in [1.82, 2.24) is 0 Å². The van der Waals surface area contributed by atoms with Crippen LogP contribution in [0.15, 0.2) is 170 Å². The average Bonchev–Trinajstić information content (AvgIpc) is 3.29. The zero-order chi connectivity index (χ0) is 48.7. The first kappa shape index (κ1) is 51.8. The number of aryl methyl sites for hydroxylation is 9. The van der Waals surface area contributed by atoms with E-state index in [0.29, 0.717) is 0 Å². The molecule has 3 nitrogen and oxygen atoms in total. The molecule has 0 aromatic heterocycles. The van der Waals surface area contributed by atoms with E-state index in [0.717, 1.165) is 17.1 Å². The van der Waals surface area contributed by atoms with Crippen molar-refractivity contribution in [2.75, 3.05) is 16.0 Å². The summed E-state index contributed by atoms with van der Waals surface area (Å²) in [5.74, 6) is 0.0191. The Bertz CT molecular complexity index is 2620. The Labute approximate surface area is 399 Å². The Morgan fingerprint density at radius 3 is 1.18 bits per heavy atom. The number of nitrogens with one attached hydrogen (secondary N) is 3. The van der Waals surface area contributed by atoms with Crippen LogP contribution in [0.1, 0.15) is 107 Å². The van der Waals surface area contributed by atoms with Gasteiger partial charge in [-0.2, -0.15) is 0 Å². The van der Waals surface area contributed by atoms with Crippen LogP contribution in [0, 0.1) is 62.3 Å². The second-order valence-corrected chi connectivity index (χ2v) is 17.5. The van der Waals surface area contributed by atoms with Crippen LogP contribution in [0.2, 0.25) is 0 Å². The summed E-state index contributed by atoms with van der Waals surface area (Å²) >= 11 is 0. The molecule has 0 heterocycles.